The molecule has 0 radical (unpaired) electrons. The first kappa shape index (κ1) is 11.3. The Morgan fingerprint density at radius 3 is 2.89 bits per heavy atom. The SMILES string of the molecule is CC(C)c1cc(N2CC3=C(C2)NCC3)nc(N)n1. The summed E-state index contributed by atoms with van der Waals surface area (Å²) in [6, 6.07) is 2.06. The van der Waals surface area contributed by atoms with Gasteiger partial charge >= 0.3 is 0 Å². The molecule has 0 spiro atoms. The number of hydrogen-bond acceptors (Lipinski definition) is 5. The monoisotopic (exact) mass is 245 g/mol. The molecule has 0 bridgehead atoms. The van der Waals surface area contributed by atoms with Crippen molar-refractivity contribution < 1.29 is 0 Å². The second-order valence-corrected chi connectivity index (χ2v) is 5.28. The molecule has 0 fully saturated rings. The van der Waals surface area contributed by atoms with Crippen molar-refractivity contribution in [1.29, 1.82) is 0 Å². The van der Waals surface area contributed by atoms with Crippen LogP contribution in [0.4, 0.5) is 11.8 Å². The molecule has 5 nitrogen and oxygen atoms in total. The third kappa shape index (κ3) is 1.89. The predicted molar refractivity (Wildman–Crippen MR) is 72.4 cm³/mol. The molecular weight excluding hydrogens is 226 g/mol. The second-order valence-electron chi connectivity index (χ2n) is 5.28. The van der Waals surface area contributed by atoms with Crippen LogP contribution in [0.15, 0.2) is 17.3 Å². The van der Waals surface area contributed by atoms with Crippen LogP contribution in [0.1, 0.15) is 31.9 Å². The van der Waals surface area contributed by atoms with E-state index >= 15 is 0 Å². The van der Waals surface area contributed by atoms with Gasteiger partial charge in [-0.05, 0) is 17.9 Å². The van der Waals surface area contributed by atoms with Gasteiger partial charge in [0.2, 0.25) is 5.95 Å². The molecule has 1 aromatic rings. The average Bonchev–Trinajstić information content (AvgIpc) is 2.87. The molecule has 0 aliphatic carbocycles. The number of hydrogen-bond donors (Lipinski definition) is 2. The molecule has 0 aromatic carbocycles. The van der Waals surface area contributed by atoms with Crippen LogP contribution in [-0.4, -0.2) is 29.6 Å². The number of nitrogen functional groups attached to an aromatic ring is 1. The number of nitrogens with two attached hydrogens (primary N) is 1. The minimum Gasteiger partial charge on any atom is -0.387 e. The van der Waals surface area contributed by atoms with Crippen LogP contribution < -0.4 is 16.0 Å². The summed E-state index contributed by atoms with van der Waals surface area (Å²) in [4.78, 5) is 10.9. The molecule has 5 heteroatoms. The standard InChI is InChI=1S/C13H19N5/c1-8(2)10-5-12(17-13(14)16-10)18-6-9-3-4-15-11(9)7-18/h5,8,15H,3-4,6-7H2,1-2H3,(H2,14,16,17). The smallest absolute Gasteiger partial charge is 0.222 e. The minimum absolute atomic E-state index is 0.370. The molecule has 96 valence electrons. The number of nitrogens with zero attached hydrogens (tertiary/aromatic N) is 3. The molecule has 2 aliphatic heterocycles. The van der Waals surface area contributed by atoms with Crippen molar-refractivity contribution in [2.75, 3.05) is 30.3 Å². The van der Waals surface area contributed by atoms with Crippen LogP contribution in [0.25, 0.3) is 0 Å². The Labute approximate surface area is 107 Å². The van der Waals surface area contributed by atoms with Gasteiger partial charge in [0.25, 0.3) is 0 Å². The van der Waals surface area contributed by atoms with Crippen LogP contribution in [0, 0.1) is 0 Å². The van der Waals surface area contributed by atoms with Gasteiger partial charge in [0.15, 0.2) is 0 Å². The van der Waals surface area contributed by atoms with E-state index in [0.717, 1.165) is 37.6 Å². The van der Waals surface area contributed by atoms with Gasteiger partial charge in [-0.1, -0.05) is 13.8 Å². The van der Waals surface area contributed by atoms with Gasteiger partial charge in [-0.3, -0.25) is 0 Å². The molecule has 0 amide bonds. The Kier molecular flexibility index (Phi) is 2.61. The highest BCUT2D eigenvalue weighted by molar-refractivity contribution is 5.51. The zero-order valence-electron chi connectivity index (χ0n) is 10.9. The summed E-state index contributed by atoms with van der Waals surface area (Å²) >= 11 is 0. The van der Waals surface area contributed by atoms with Crippen molar-refractivity contribution in [3.8, 4) is 0 Å². The molecule has 1 aromatic heterocycles. The number of aromatic nitrogens is 2. The van der Waals surface area contributed by atoms with Gasteiger partial charge in [-0.2, -0.15) is 4.98 Å². The molecule has 18 heavy (non-hydrogen) atoms. The first-order valence-corrected chi connectivity index (χ1v) is 6.47. The lowest BCUT2D eigenvalue weighted by atomic mass is 10.1. The van der Waals surface area contributed by atoms with Crippen LogP contribution in [0.2, 0.25) is 0 Å². The molecule has 0 atom stereocenters. The number of rotatable bonds is 2. The predicted octanol–water partition coefficient (Wildman–Crippen LogP) is 1.25. The van der Waals surface area contributed by atoms with Crippen molar-refractivity contribution in [2.24, 2.45) is 0 Å². The highest BCUT2D eigenvalue weighted by atomic mass is 15.2. The lowest BCUT2D eigenvalue weighted by molar-refractivity contribution is 0.782. The normalized spacial score (nSPS) is 18.5. The second kappa shape index (κ2) is 4.15. The van der Waals surface area contributed by atoms with E-state index in [1.807, 2.05) is 0 Å². The first-order chi connectivity index (χ1) is 8.63. The lowest BCUT2D eigenvalue weighted by Crippen LogP contribution is -2.26. The quantitative estimate of drug-likeness (QED) is 0.821. The van der Waals surface area contributed by atoms with E-state index in [4.69, 9.17) is 5.73 Å². The van der Waals surface area contributed by atoms with E-state index in [1.165, 1.54) is 11.3 Å². The van der Waals surface area contributed by atoms with Gasteiger partial charge in [-0.25, -0.2) is 4.98 Å². The van der Waals surface area contributed by atoms with E-state index < -0.39 is 0 Å². The van der Waals surface area contributed by atoms with Crippen molar-refractivity contribution in [3.05, 3.63) is 23.0 Å². The third-order valence-corrected chi connectivity index (χ3v) is 3.59. The molecule has 3 rings (SSSR count). The third-order valence-electron chi connectivity index (χ3n) is 3.59. The zero-order valence-corrected chi connectivity index (χ0v) is 10.9. The Bertz CT molecular complexity index is 490. The van der Waals surface area contributed by atoms with E-state index in [9.17, 15) is 0 Å². The van der Waals surface area contributed by atoms with Gasteiger partial charge in [0.1, 0.15) is 5.82 Å². The van der Waals surface area contributed by atoms with Gasteiger partial charge in [0, 0.05) is 24.9 Å². The van der Waals surface area contributed by atoms with Crippen molar-refractivity contribution in [2.45, 2.75) is 26.2 Å². The minimum atomic E-state index is 0.370. The van der Waals surface area contributed by atoms with Crippen LogP contribution >= 0.6 is 0 Å². The molecular formula is C13H19N5. The fourth-order valence-electron chi connectivity index (χ4n) is 2.55. The number of nitrogens with one attached hydrogen (secondary N) is 1. The van der Waals surface area contributed by atoms with Crippen LogP contribution in [-0.2, 0) is 0 Å². The summed E-state index contributed by atoms with van der Waals surface area (Å²) in [5.41, 5.74) is 9.70. The summed E-state index contributed by atoms with van der Waals surface area (Å²) < 4.78 is 0. The van der Waals surface area contributed by atoms with E-state index in [1.54, 1.807) is 0 Å². The van der Waals surface area contributed by atoms with Gasteiger partial charge < -0.3 is 16.0 Å². The maximum absolute atomic E-state index is 5.80. The summed E-state index contributed by atoms with van der Waals surface area (Å²) in [5, 5.41) is 3.43. The summed E-state index contributed by atoms with van der Waals surface area (Å²) in [6.07, 6.45) is 1.16. The highest BCUT2D eigenvalue weighted by Gasteiger charge is 2.26. The maximum Gasteiger partial charge on any atom is 0.222 e. The van der Waals surface area contributed by atoms with Crippen molar-refractivity contribution >= 4 is 11.8 Å². The van der Waals surface area contributed by atoms with Crippen LogP contribution in [0.5, 0.6) is 0 Å². The van der Waals surface area contributed by atoms with E-state index in [-0.39, 0.29) is 0 Å². The fraction of sp³-hybridized carbons (Fsp3) is 0.538. The average molecular weight is 245 g/mol. The Morgan fingerprint density at radius 2 is 2.17 bits per heavy atom. The van der Waals surface area contributed by atoms with Crippen molar-refractivity contribution in [1.82, 2.24) is 15.3 Å². The van der Waals surface area contributed by atoms with E-state index in [2.05, 4.69) is 40.1 Å². The zero-order chi connectivity index (χ0) is 12.7. The Hall–Kier alpha value is -1.78. The van der Waals surface area contributed by atoms with Crippen LogP contribution in [0.3, 0.4) is 0 Å². The molecule has 0 unspecified atom stereocenters. The molecule has 0 saturated heterocycles. The van der Waals surface area contributed by atoms with Gasteiger partial charge in [-0.15, -0.1) is 0 Å². The molecule has 3 heterocycles. The largest absolute Gasteiger partial charge is 0.387 e. The van der Waals surface area contributed by atoms with E-state index in [0.29, 0.717) is 11.9 Å². The number of anilines is 2. The Balaban J connectivity index is 1.85. The summed E-state index contributed by atoms with van der Waals surface area (Å²) in [5.74, 6) is 1.69. The topological polar surface area (TPSA) is 67.1 Å². The molecule has 2 aliphatic rings. The summed E-state index contributed by atoms with van der Waals surface area (Å²) in [7, 11) is 0. The first-order valence-electron chi connectivity index (χ1n) is 6.47. The molecule has 3 N–H and O–H groups in total. The maximum atomic E-state index is 5.80. The highest BCUT2D eigenvalue weighted by Crippen LogP contribution is 2.28. The molecule has 0 saturated carbocycles. The lowest BCUT2D eigenvalue weighted by Gasteiger charge is -2.20. The summed E-state index contributed by atoms with van der Waals surface area (Å²) in [6.45, 7) is 7.21. The fourth-order valence-corrected chi connectivity index (χ4v) is 2.55. The Morgan fingerprint density at radius 1 is 1.33 bits per heavy atom. The van der Waals surface area contributed by atoms with Crippen molar-refractivity contribution in [3.63, 3.8) is 0 Å². The van der Waals surface area contributed by atoms with Gasteiger partial charge in [0.05, 0.1) is 12.2 Å².